The summed E-state index contributed by atoms with van der Waals surface area (Å²) in [5.74, 6) is -0.993. The summed E-state index contributed by atoms with van der Waals surface area (Å²) in [5, 5.41) is 23.6. The molecule has 0 amide bonds. The number of para-hydroxylation sites is 1. The lowest BCUT2D eigenvalue weighted by molar-refractivity contribution is -0.157. The Kier molecular flexibility index (Phi) is 3.54. The van der Waals surface area contributed by atoms with Gasteiger partial charge in [0.2, 0.25) is 0 Å². The van der Waals surface area contributed by atoms with E-state index in [2.05, 4.69) is 0 Å². The monoisotopic (exact) mass is 372 g/mol. The van der Waals surface area contributed by atoms with Crippen LogP contribution in [0.25, 0.3) is 0 Å². The van der Waals surface area contributed by atoms with Crippen molar-refractivity contribution in [3.8, 4) is 5.75 Å². The van der Waals surface area contributed by atoms with Gasteiger partial charge in [-0.15, -0.1) is 0 Å². The summed E-state index contributed by atoms with van der Waals surface area (Å²) >= 11 is 0. The van der Waals surface area contributed by atoms with Crippen LogP contribution >= 0.6 is 0 Å². The van der Waals surface area contributed by atoms with Crippen molar-refractivity contribution in [2.45, 2.75) is 24.5 Å². The summed E-state index contributed by atoms with van der Waals surface area (Å²) in [5.41, 5.74) is 0.379. The van der Waals surface area contributed by atoms with E-state index < -0.39 is 23.1 Å². The molecule has 3 aromatic rings. The molecule has 2 bridgehead atoms. The lowest BCUT2D eigenvalue weighted by Gasteiger charge is -2.53. The van der Waals surface area contributed by atoms with Gasteiger partial charge < -0.3 is 14.9 Å². The molecule has 0 heterocycles. The highest BCUT2D eigenvalue weighted by molar-refractivity contribution is 5.81. The summed E-state index contributed by atoms with van der Waals surface area (Å²) in [4.78, 5) is 13.2. The van der Waals surface area contributed by atoms with Crippen LogP contribution < -0.4 is 4.74 Å². The molecule has 3 aliphatic carbocycles. The maximum absolute atomic E-state index is 13.2. The number of carbonyl (C=O) groups is 1. The molecular weight excluding hydrogens is 352 g/mol. The zero-order chi connectivity index (χ0) is 19.5. The average Bonchev–Trinajstić information content (AvgIpc) is 2.72. The minimum atomic E-state index is -1.54. The number of esters is 1. The summed E-state index contributed by atoms with van der Waals surface area (Å²) in [6.07, 6.45) is 0.0717. The van der Waals surface area contributed by atoms with Gasteiger partial charge in [-0.05, 0) is 40.8 Å². The standard InChI is InChI=1S/C24H20O4/c1-15-8-2-7-13-21(15)28-22(25)20-14-23(26)16-9-3-5-11-18(16)24(20,27)19-12-6-4-10-17(19)23/h2-13,20,26-27H,14H2,1H3. The fourth-order valence-corrected chi connectivity index (χ4v) is 4.79. The molecule has 0 aliphatic heterocycles. The topological polar surface area (TPSA) is 66.8 Å². The predicted molar refractivity (Wildman–Crippen MR) is 104 cm³/mol. The minimum Gasteiger partial charge on any atom is -0.426 e. The molecule has 6 rings (SSSR count). The largest absolute Gasteiger partial charge is 0.426 e. The molecule has 0 aromatic heterocycles. The molecule has 3 aliphatic rings. The van der Waals surface area contributed by atoms with Crippen molar-refractivity contribution >= 4 is 5.97 Å². The van der Waals surface area contributed by atoms with Gasteiger partial charge in [-0.3, -0.25) is 4.79 Å². The molecule has 3 aromatic carbocycles. The van der Waals surface area contributed by atoms with E-state index in [-0.39, 0.29) is 6.42 Å². The number of aryl methyl sites for hydroxylation is 1. The number of rotatable bonds is 2. The van der Waals surface area contributed by atoms with Crippen LogP contribution in [-0.4, -0.2) is 16.2 Å². The van der Waals surface area contributed by atoms with Crippen LogP contribution in [0.1, 0.15) is 34.2 Å². The van der Waals surface area contributed by atoms with Crippen molar-refractivity contribution in [3.05, 3.63) is 101 Å². The van der Waals surface area contributed by atoms with Gasteiger partial charge in [0.1, 0.15) is 17.0 Å². The van der Waals surface area contributed by atoms with E-state index in [4.69, 9.17) is 4.74 Å². The van der Waals surface area contributed by atoms with Gasteiger partial charge in [0, 0.05) is 6.42 Å². The molecule has 0 fully saturated rings. The number of fused-ring (bicyclic) bond motifs is 1. The van der Waals surface area contributed by atoms with Gasteiger partial charge in [-0.25, -0.2) is 0 Å². The normalized spacial score (nSPS) is 27.0. The van der Waals surface area contributed by atoms with Crippen molar-refractivity contribution in [2.24, 2.45) is 5.92 Å². The van der Waals surface area contributed by atoms with Gasteiger partial charge in [0.15, 0.2) is 0 Å². The van der Waals surface area contributed by atoms with Crippen molar-refractivity contribution in [2.75, 3.05) is 0 Å². The van der Waals surface area contributed by atoms with Crippen LogP contribution in [0.2, 0.25) is 0 Å². The molecular formula is C24H20O4. The maximum Gasteiger partial charge on any atom is 0.318 e. The third-order valence-electron chi connectivity index (χ3n) is 6.16. The van der Waals surface area contributed by atoms with Gasteiger partial charge >= 0.3 is 5.97 Å². The van der Waals surface area contributed by atoms with Crippen LogP contribution in [0, 0.1) is 12.8 Å². The number of hydrogen-bond donors (Lipinski definition) is 2. The lowest BCUT2D eigenvalue weighted by atomic mass is 9.54. The number of aliphatic hydroxyl groups is 2. The lowest BCUT2D eigenvalue weighted by Crippen LogP contribution is -2.57. The van der Waals surface area contributed by atoms with Gasteiger partial charge in [-0.2, -0.15) is 0 Å². The van der Waals surface area contributed by atoms with Crippen molar-refractivity contribution in [1.29, 1.82) is 0 Å². The minimum absolute atomic E-state index is 0.0717. The first-order valence-electron chi connectivity index (χ1n) is 9.38. The summed E-state index contributed by atoms with van der Waals surface area (Å²) in [7, 11) is 0. The highest BCUT2D eigenvalue weighted by Crippen LogP contribution is 2.59. The molecule has 0 saturated heterocycles. The zero-order valence-corrected chi connectivity index (χ0v) is 15.4. The number of carbonyl (C=O) groups excluding carboxylic acids is 1. The molecule has 4 nitrogen and oxygen atoms in total. The van der Waals surface area contributed by atoms with Crippen LogP contribution in [0.15, 0.2) is 72.8 Å². The second-order valence-corrected chi connectivity index (χ2v) is 7.66. The molecule has 4 heteroatoms. The highest BCUT2D eigenvalue weighted by Gasteiger charge is 2.62. The molecule has 0 saturated carbocycles. The van der Waals surface area contributed by atoms with Crippen molar-refractivity contribution < 1.29 is 19.7 Å². The Morgan fingerprint density at radius 3 is 1.93 bits per heavy atom. The van der Waals surface area contributed by atoms with E-state index in [1.165, 1.54) is 0 Å². The molecule has 0 spiro atoms. The summed E-state index contributed by atoms with van der Waals surface area (Å²) in [6, 6.07) is 21.8. The van der Waals surface area contributed by atoms with Crippen molar-refractivity contribution in [3.63, 3.8) is 0 Å². The fourth-order valence-electron chi connectivity index (χ4n) is 4.79. The Balaban J connectivity index is 1.67. The predicted octanol–water partition coefficient (Wildman–Crippen LogP) is 3.41. The molecule has 1 unspecified atom stereocenters. The number of hydrogen-bond acceptors (Lipinski definition) is 4. The van der Waals surface area contributed by atoms with Crippen molar-refractivity contribution in [1.82, 2.24) is 0 Å². The SMILES string of the molecule is Cc1ccccc1OC(=O)C1CC2(O)c3ccccc3C1(O)c1ccccc12. The third kappa shape index (κ3) is 2.10. The quantitative estimate of drug-likeness (QED) is 0.534. The molecule has 28 heavy (non-hydrogen) atoms. The Morgan fingerprint density at radius 2 is 1.36 bits per heavy atom. The second kappa shape index (κ2) is 5.77. The van der Waals surface area contributed by atoms with Gasteiger partial charge in [0.25, 0.3) is 0 Å². The van der Waals surface area contributed by atoms with E-state index in [0.717, 1.165) is 5.56 Å². The van der Waals surface area contributed by atoms with E-state index in [0.29, 0.717) is 28.0 Å². The van der Waals surface area contributed by atoms with Gasteiger partial charge in [0.05, 0.1) is 5.92 Å². The Labute approximate surface area is 163 Å². The first-order chi connectivity index (χ1) is 13.5. The Bertz CT molecular complexity index is 1050. The zero-order valence-electron chi connectivity index (χ0n) is 15.4. The Morgan fingerprint density at radius 1 is 0.857 bits per heavy atom. The van der Waals surface area contributed by atoms with E-state index >= 15 is 0 Å². The van der Waals surface area contributed by atoms with E-state index in [1.807, 2.05) is 55.5 Å². The molecule has 0 radical (unpaired) electrons. The second-order valence-electron chi connectivity index (χ2n) is 7.66. The summed E-state index contributed by atoms with van der Waals surface area (Å²) < 4.78 is 5.67. The van der Waals surface area contributed by atoms with Gasteiger partial charge in [-0.1, -0.05) is 66.7 Å². The van der Waals surface area contributed by atoms with Crippen LogP contribution in [-0.2, 0) is 16.0 Å². The van der Waals surface area contributed by atoms with Crippen LogP contribution in [0.3, 0.4) is 0 Å². The maximum atomic E-state index is 13.2. The van der Waals surface area contributed by atoms with Crippen LogP contribution in [0.5, 0.6) is 5.75 Å². The summed E-state index contributed by atoms with van der Waals surface area (Å²) in [6.45, 7) is 1.86. The third-order valence-corrected chi connectivity index (χ3v) is 6.16. The van der Waals surface area contributed by atoms with Crippen LogP contribution in [0.4, 0.5) is 0 Å². The Hall–Kier alpha value is -2.95. The average molecular weight is 372 g/mol. The molecule has 140 valence electrons. The highest BCUT2D eigenvalue weighted by atomic mass is 16.5. The first-order valence-corrected chi connectivity index (χ1v) is 9.38. The first kappa shape index (κ1) is 17.2. The van der Waals surface area contributed by atoms with E-state index in [1.54, 1.807) is 24.3 Å². The number of ether oxygens (including phenoxy) is 1. The fraction of sp³-hybridized carbons (Fsp3) is 0.208. The van der Waals surface area contributed by atoms with E-state index in [9.17, 15) is 15.0 Å². The smallest absolute Gasteiger partial charge is 0.318 e. The number of benzene rings is 3. The molecule has 2 N–H and O–H groups in total. The molecule has 1 atom stereocenters.